The summed E-state index contributed by atoms with van der Waals surface area (Å²) in [5.41, 5.74) is 2.97. The molecule has 7 nitrogen and oxygen atoms in total. The summed E-state index contributed by atoms with van der Waals surface area (Å²) in [6.07, 6.45) is 0. The first-order chi connectivity index (χ1) is 14.9. The predicted molar refractivity (Wildman–Crippen MR) is 117 cm³/mol. The first-order valence-electron chi connectivity index (χ1n) is 10.5. The van der Waals surface area contributed by atoms with Gasteiger partial charge in [0.2, 0.25) is 5.95 Å². The monoisotopic (exact) mass is 439 g/mol. The Morgan fingerprint density at radius 2 is 1.77 bits per heavy atom. The third-order valence-corrected chi connectivity index (χ3v) is 6.80. The highest BCUT2D eigenvalue weighted by Crippen LogP contribution is 2.44. The summed E-state index contributed by atoms with van der Waals surface area (Å²) >= 11 is 6.27. The maximum atomic E-state index is 13.5. The molecule has 0 atom stereocenters. The molecule has 31 heavy (non-hydrogen) atoms. The summed E-state index contributed by atoms with van der Waals surface area (Å²) in [6, 6.07) is 9.30. The zero-order valence-electron chi connectivity index (χ0n) is 17.5. The second-order valence-corrected chi connectivity index (χ2v) is 9.58. The molecule has 0 saturated carbocycles. The van der Waals surface area contributed by atoms with Gasteiger partial charge in [0, 0.05) is 43.2 Å². The number of hydrogen-bond donors (Lipinski definition) is 0. The van der Waals surface area contributed by atoms with Crippen molar-refractivity contribution in [3.63, 3.8) is 0 Å². The Balaban J connectivity index is 1.23. The second kappa shape index (κ2) is 6.64. The standard InChI is InChI=1S/C22H23ClFN7/c1-14-17(24)4-6-19(25-14)29-10-22(11-29)12-30(13-22)21-27-26-20-9-28(2)8-15-7-16(23)3-5-18(15)31(20)21/h3-7H,8-13H2,1-2H3. The number of halogens is 2. The Hall–Kier alpha value is -2.71. The first-order valence-corrected chi connectivity index (χ1v) is 10.8. The molecule has 2 aromatic heterocycles. The van der Waals surface area contributed by atoms with Crippen LogP contribution >= 0.6 is 11.6 Å². The maximum Gasteiger partial charge on any atom is 0.231 e. The van der Waals surface area contributed by atoms with Crippen LogP contribution < -0.4 is 9.80 Å². The third-order valence-electron chi connectivity index (χ3n) is 6.57. The van der Waals surface area contributed by atoms with Crippen LogP contribution in [0.4, 0.5) is 16.2 Å². The Morgan fingerprint density at radius 3 is 2.55 bits per heavy atom. The molecule has 0 bridgehead atoms. The van der Waals surface area contributed by atoms with Crippen molar-refractivity contribution in [2.45, 2.75) is 20.0 Å². The highest BCUT2D eigenvalue weighted by molar-refractivity contribution is 6.30. The van der Waals surface area contributed by atoms with Crippen LogP contribution in [0.5, 0.6) is 0 Å². The Bertz CT molecular complexity index is 1180. The molecule has 2 fully saturated rings. The molecule has 0 aliphatic carbocycles. The minimum Gasteiger partial charge on any atom is -0.355 e. The molecule has 6 rings (SSSR count). The fraction of sp³-hybridized carbons (Fsp3) is 0.409. The quantitative estimate of drug-likeness (QED) is 0.611. The van der Waals surface area contributed by atoms with E-state index in [1.54, 1.807) is 13.0 Å². The van der Waals surface area contributed by atoms with Crippen LogP contribution in [-0.2, 0) is 13.1 Å². The number of rotatable bonds is 2. The summed E-state index contributed by atoms with van der Waals surface area (Å²) < 4.78 is 15.7. The largest absolute Gasteiger partial charge is 0.355 e. The Labute approximate surface area is 185 Å². The van der Waals surface area contributed by atoms with Gasteiger partial charge in [-0.15, -0.1) is 10.2 Å². The van der Waals surface area contributed by atoms with E-state index in [1.165, 1.54) is 11.6 Å². The number of hydrogen-bond acceptors (Lipinski definition) is 6. The van der Waals surface area contributed by atoms with Crippen LogP contribution in [0.3, 0.4) is 0 Å². The van der Waals surface area contributed by atoms with Gasteiger partial charge in [-0.05, 0) is 49.9 Å². The summed E-state index contributed by atoms with van der Waals surface area (Å²) in [6.45, 7) is 6.98. The molecule has 1 aromatic carbocycles. The van der Waals surface area contributed by atoms with Gasteiger partial charge in [0.25, 0.3) is 0 Å². The number of aryl methyl sites for hydroxylation is 1. The van der Waals surface area contributed by atoms with Crippen LogP contribution in [0, 0.1) is 18.2 Å². The molecule has 1 spiro atoms. The first kappa shape index (κ1) is 19.0. The molecule has 0 unspecified atom stereocenters. The van der Waals surface area contributed by atoms with Gasteiger partial charge in [0.15, 0.2) is 5.82 Å². The molecule has 3 aliphatic rings. The summed E-state index contributed by atoms with van der Waals surface area (Å²) in [5.74, 6) is 2.44. The van der Waals surface area contributed by atoms with Crippen molar-refractivity contribution in [3.05, 3.63) is 58.3 Å². The van der Waals surface area contributed by atoms with E-state index in [9.17, 15) is 4.39 Å². The number of fused-ring (bicyclic) bond motifs is 3. The number of aromatic nitrogens is 4. The Kier molecular flexibility index (Phi) is 4.07. The molecule has 160 valence electrons. The minimum atomic E-state index is -0.256. The van der Waals surface area contributed by atoms with Crippen LogP contribution in [0.25, 0.3) is 5.69 Å². The zero-order valence-corrected chi connectivity index (χ0v) is 18.3. The smallest absolute Gasteiger partial charge is 0.231 e. The lowest BCUT2D eigenvalue weighted by molar-refractivity contribution is 0.153. The predicted octanol–water partition coefficient (Wildman–Crippen LogP) is 3.04. The van der Waals surface area contributed by atoms with Crippen LogP contribution in [0.2, 0.25) is 5.02 Å². The van der Waals surface area contributed by atoms with Crippen molar-refractivity contribution in [1.82, 2.24) is 24.6 Å². The van der Waals surface area contributed by atoms with E-state index in [0.717, 1.165) is 67.6 Å². The van der Waals surface area contributed by atoms with Gasteiger partial charge in [-0.3, -0.25) is 9.47 Å². The van der Waals surface area contributed by atoms with Crippen molar-refractivity contribution in [2.24, 2.45) is 5.41 Å². The maximum absolute atomic E-state index is 13.5. The number of anilines is 2. The second-order valence-electron chi connectivity index (χ2n) is 9.15. The molecule has 3 aromatic rings. The summed E-state index contributed by atoms with van der Waals surface area (Å²) in [7, 11) is 2.08. The molecule has 9 heteroatoms. The van der Waals surface area contributed by atoms with Crippen LogP contribution in [0.1, 0.15) is 17.1 Å². The molecule has 0 radical (unpaired) electrons. The third kappa shape index (κ3) is 3.00. The van der Waals surface area contributed by atoms with Gasteiger partial charge < -0.3 is 9.80 Å². The molecule has 0 N–H and O–H groups in total. The topological polar surface area (TPSA) is 53.3 Å². The van der Waals surface area contributed by atoms with Crippen molar-refractivity contribution < 1.29 is 4.39 Å². The molecule has 5 heterocycles. The highest BCUT2D eigenvalue weighted by atomic mass is 35.5. The normalized spacial score (nSPS) is 19.5. The van der Waals surface area contributed by atoms with Gasteiger partial charge in [0.05, 0.1) is 17.9 Å². The van der Waals surface area contributed by atoms with Gasteiger partial charge in [-0.2, -0.15) is 0 Å². The van der Waals surface area contributed by atoms with Gasteiger partial charge in [-0.25, -0.2) is 9.37 Å². The SMILES string of the molecule is Cc1nc(N2CC3(C2)CN(c2nnc4n2-c2ccc(Cl)cc2CN(C)C4)C3)ccc1F. The van der Waals surface area contributed by atoms with E-state index >= 15 is 0 Å². The van der Waals surface area contributed by atoms with E-state index < -0.39 is 0 Å². The van der Waals surface area contributed by atoms with Crippen molar-refractivity contribution in [1.29, 1.82) is 0 Å². The van der Waals surface area contributed by atoms with Crippen molar-refractivity contribution >= 4 is 23.4 Å². The molecule has 3 aliphatic heterocycles. The van der Waals surface area contributed by atoms with Gasteiger partial charge in [0.1, 0.15) is 11.6 Å². The molecule has 2 saturated heterocycles. The van der Waals surface area contributed by atoms with E-state index in [2.05, 4.69) is 47.6 Å². The van der Waals surface area contributed by atoms with E-state index in [-0.39, 0.29) is 11.2 Å². The van der Waals surface area contributed by atoms with Gasteiger partial charge in [-0.1, -0.05) is 11.6 Å². The number of pyridine rings is 1. The number of nitrogens with zero attached hydrogens (tertiary/aromatic N) is 7. The number of benzene rings is 1. The molecule has 0 amide bonds. The van der Waals surface area contributed by atoms with E-state index in [1.807, 2.05) is 12.1 Å². The fourth-order valence-electron chi connectivity index (χ4n) is 5.09. The summed E-state index contributed by atoms with van der Waals surface area (Å²) in [5, 5.41) is 9.80. The summed E-state index contributed by atoms with van der Waals surface area (Å²) in [4.78, 5) is 11.1. The zero-order chi connectivity index (χ0) is 21.3. The molecular formula is C22H23ClFN7. The average molecular weight is 440 g/mol. The minimum absolute atomic E-state index is 0.237. The van der Waals surface area contributed by atoms with Crippen LogP contribution in [0.15, 0.2) is 30.3 Å². The molecular weight excluding hydrogens is 417 g/mol. The van der Waals surface area contributed by atoms with E-state index in [4.69, 9.17) is 11.6 Å². The Morgan fingerprint density at radius 1 is 1.00 bits per heavy atom. The average Bonchev–Trinajstić information content (AvgIpc) is 2.99. The lowest BCUT2D eigenvalue weighted by atomic mass is 9.73. The lowest BCUT2D eigenvalue weighted by Crippen LogP contribution is -2.73. The van der Waals surface area contributed by atoms with Gasteiger partial charge >= 0.3 is 0 Å². The highest BCUT2D eigenvalue weighted by Gasteiger charge is 2.53. The van der Waals surface area contributed by atoms with Crippen molar-refractivity contribution in [3.8, 4) is 5.69 Å². The van der Waals surface area contributed by atoms with E-state index in [0.29, 0.717) is 5.69 Å². The lowest BCUT2D eigenvalue weighted by Gasteiger charge is -2.60. The van der Waals surface area contributed by atoms with Crippen molar-refractivity contribution in [2.75, 3.05) is 43.0 Å². The van der Waals surface area contributed by atoms with Crippen LogP contribution in [-0.4, -0.2) is 57.9 Å². The fourth-order valence-corrected chi connectivity index (χ4v) is 5.28.